The summed E-state index contributed by atoms with van der Waals surface area (Å²) in [6.07, 6.45) is 1.40. The average molecular weight is 236 g/mol. The number of rotatable bonds is 2. The molecule has 1 aromatic carbocycles. The van der Waals surface area contributed by atoms with E-state index in [1.165, 1.54) is 36.5 Å². The molecule has 2 rings (SSSR count). The minimum atomic E-state index is -0.370. The number of hydrogen-bond acceptors (Lipinski definition) is 2. The van der Waals surface area contributed by atoms with Gasteiger partial charge in [0.1, 0.15) is 11.0 Å². The van der Waals surface area contributed by atoms with Crippen molar-refractivity contribution >= 4 is 17.4 Å². The molecule has 1 aromatic heterocycles. The largest absolute Gasteiger partial charge is 0.289 e. The normalized spacial score (nSPS) is 10.1. The van der Waals surface area contributed by atoms with Crippen LogP contribution in [0.15, 0.2) is 42.6 Å². The molecule has 0 saturated carbocycles. The highest BCUT2D eigenvalue weighted by Crippen LogP contribution is 2.11. The monoisotopic (exact) mass is 235 g/mol. The zero-order valence-electron chi connectivity index (χ0n) is 8.15. The van der Waals surface area contributed by atoms with Gasteiger partial charge in [-0.3, -0.25) is 4.79 Å². The van der Waals surface area contributed by atoms with Gasteiger partial charge in [-0.2, -0.15) is 0 Å². The summed E-state index contributed by atoms with van der Waals surface area (Å²) in [7, 11) is 0. The Morgan fingerprint density at radius 2 is 1.69 bits per heavy atom. The second kappa shape index (κ2) is 4.41. The lowest BCUT2D eigenvalue weighted by Crippen LogP contribution is -2.01. The molecule has 2 nitrogen and oxygen atoms in total. The average Bonchev–Trinajstić information content (AvgIpc) is 2.30. The first kappa shape index (κ1) is 10.8. The van der Waals surface area contributed by atoms with Crippen LogP contribution < -0.4 is 0 Å². The molecule has 16 heavy (non-hydrogen) atoms. The van der Waals surface area contributed by atoms with Gasteiger partial charge in [-0.1, -0.05) is 11.6 Å². The van der Waals surface area contributed by atoms with Gasteiger partial charge in [0.05, 0.1) is 0 Å². The Bertz CT molecular complexity index is 460. The van der Waals surface area contributed by atoms with Crippen LogP contribution in [-0.4, -0.2) is 10.8 Å². The highest BCUT2D eigenvalue weighted by atomic mass is 35.5. The lowest BCUT2D eigenvalue weighted by atomic mass is 10.1. The van der Waals surface area contributed by atoms with E-state index >= 15 is 0 Å². The second-order valence-corrected chi connectivity index (χ2v) is 3.59. The number of nitrogens with zero attached hydrogens (tertiary/aromatic N) is 1. The van der Waals surface area contributed by atoms with E-state index in [1.54, 1.807) is 6.07 Å². The summed E-state index contributed by atoms with van der Waals surface area (Å²) in [6, 6.07) is 8.49. The zero-order chi connectivity index (χ0) is 11.5. The smallest absolute Gasteiger partial charge is 0.194 e. The number of aromatic nitrogens is 1. The van der Waals surface area contributed by atoms with Crippen LogP contribution in [0.2, 0.25) is 5.15 Å². The van der Waals surface area contributed by atoms with E-state index in [1.807, 2.05) is 0 Å². The van der Waals surface area contributed by atoms with Crippen molar-refractivity contribution in [1.82, 2.24) is 4.98 Å². The van der Waals surface area contributed by atoms with E-state index in [4.69, 9.17) is 11.6 Å². The predicted molar refractivity (Wildman–Crippen MR) is 59.1 cm³/mol. The topological polar surface area (TPSA) is 30.0 Å². The van der Waals surface area contributed by atoms with E-state index in [9.17, 15) is 9.18 Å². The molecule has 0 aliphatic carbocycles. The van der Waals surface area contributed by atoms with Crippen LogP contribution in [-0.2, 0) is 0 Å². The number of pyridine rings is 1. The van der Waals surface area contributed by atoms with Crippen molar-refractivity contribution in [1.29, 1.82) is 0 Å². The van der Waals surface area contributed by atoms with Crippen molar-refractivity contribution in [2.24, 2.45) is 0 Å². The van der Waals surface area contributed by atoms with Crippen molar-refractivity contribution in [3.05, 3.63) is 64.7 Å². The van der Waals surface area contributed by atoms with Gasteiger partial charge in [0.2, 0.25) is 0 Å². The van der Waals surface area contributed by atoms with Crippen LogP contribution in [0.5, 0.6) is 0 Å². The van der Waals surface area contributed by atoms with Gasteiger partial charge >= 0.3 is 0 Å². The Kier molecular flexibility index (Phi) is 2.97. The molecular weight excluding hydrogens is 229 g/mol. The third-order valence-corrected chi connectivity index (χ3v) is 2.32. The standard InChI is InChI=1S/C12H7ClFNO/c13-11-6-3-9(7-15-11)12(16)8-1-4-10(14)5-2-8/h1-7H. The number of carbonyl (C=O) groups is 1. The molecule has 0 aliphatic heterocycles. The van der Waals surface area contributed by atoms with E-state index in [0.29, 0.717) is 16.3 Å². The number of halogens is 2. The maximum atomic E-state index is 12.7. The number of hydrogen-bond donors (Lipinski definition) is 0. The lowest BCUT2D eigenvalue weighted by molar-refractivity contribution is 0.103. The maximum absolute atomic E-state index is 12.7. The zero-order valence-corrected chi connectivity index (χ0v) is 8.91. The first-order chi connectivity index (χ1) is 7.66. The minimum Gasteiger partial charge on any atom is -0.289 e. The number of ketones is 1. The molecule has 4 heteroatoms. The van der Waals surface area contributed by atoms with Crippen molar-refractivity contribution in [2.75, 3.05) is 0 Å². The number of benzene rings is 1. The van der Waals surface area contributed by atoms with Gasteiger partial charge in [0, 0.05) is 17.3 Å². The third kappa shape index (κ3) is 2.25. The Balaban J connectivity index is 2.32. The van der Waals surface area contributed by atoms with Crippen LogP contribution >= 0.6 is 11.6 Å². The summed E-state index contributed by atoms with van der Waals surface area (Å²) in [5, 5.41) is 0.329. The summed E-state index contributed by atoms with van der Waals surface area (Å²) in [4.78, 5) is 15.7. The van der Waals surface area contributed by atoms with Crippen molar-refractivity contribution < 1.29 is 9.18 Å². The fourth-order valence-electron chi connectivity index (χ4n) is 1.28. The summed E-state index contributed by atoms with van der Waals surface area (Å²) in [6.45, 7) is 0. The molecule has 0 radical (unpaired) electrons. The Morgan fingerprint density at radius 3 is 2.25 bits per heavy atom. The van der Waals surface area contributed by atoms with Gasteiger partial charge in [-0.15, -0.1) is 0 Å². The van der Waals surface area contributed by atoms with E-state index in [2.05, 4.69) is 4.98 Å². The highest BCUT2D eigenvalue weighted by molar-refractivity contribution is 6.29. The highest BCUT2D eigenvalue weighted by Gasteiger charge is 2.09. The summed E-state index contributed by atoms with van der Waals surface area (Å²) in [5.41, 5.74) is 0.849. The molecule has 2 aromatic rings. The fraction of sp³-hybridized carbons (Fsp3) is 0. The van der Waals surface area contributed by atoms with Gasteiger partial charge in [-0.05, 0) is 36.4 Å². The summed E-state index contributed by atoms with van der Waals surface area (Å²) < 4.78 is 12.7. The van der Waals surface area contributed by atoms with Crippen LogP contribution in [0.4, 0.5) is 4.39 Å². The SMILES string of the molecule is O=C(c1ccc(F)cc1)c1ccc(Cl)nc1. The minimum absolute atomic E-state index is 0.204. The Morgan fingerprint density at radius 1 is 1.06 bits per heavy atom. The fourth-order valence-corrected chi connectivity index (χ4v) is 1.39. The van der Waals surface area contributed by atoms with Crippen molar-refractivity contribution in [3.63, 3.8) is 0 Å². The van der Waals surface area contributed by atoms with Gasteiger partial charge in [-0.25, -0.2) is 9.37 Å². The molecule has 0 bridgehead atoms. The van der Waals surface area contributed by atoms with Crippen LogP contribution in [0.25, 0.3) is 0 Å². The maximum Gasteiger partial charge on any atom is 0.194 e. The van der Waals surface area contributed by atoms with E-state index < -0.39 is 0 Å². The molecule has 0 aliphatic rings. The quantitative estimate of drug-likeness (QED) is 0.591. The molecule has 0 spiro atoms. The number of carbonyl (C=O) groups excluding carboxylic acids is 1. The predicted octanol–water partition coefficient (Wildman–Crippen LogP) is 3.11. The molecule has 80 valence electrons. The molecule has 0 fully saturated rings. The molecule has 0 amide bonds. The third-order valence-electron chi connectivity index (χ3n) is 2.10. The first-order valence-electron chi connectivity index (χ1n) is 4.58. The molecule has 1 heterocycles. The van der Waals surface area contributed by atoms with Gasteiger partial charge in [0.25, 0.3) is 0 Å². The molecular formula is C12H7ClFNO. The summed E-state index contributed by atoms with van der Waals surface area (Å²) >= 11 is 5.61. The van der Waals surface area contributed by atoms with E-state index in [-0.39, 0.29) is 11.6 Å². The van der Waals surface area contributed by atoms with Gasteiger partial charge in [0.15, 0.2) is 5.78 Å². The molecule has 0 unspecified atom stereocenters. The van der Waals surface area contributed by atoms with E-state index in [0.717, 1.165) is 0 Å². The molecule has 0 N–H and O–H groups in total. The van der Waals surface area contributed by atoms with Crippen molar-refractivity contribution in [2.45, 2.75) is 0 Å². The molecule has 0 saturated heterocycles. The molecule has 0 atom stereocenters. The lowest BCUT2D eigenvalue weighted by Gasteiger charge is -2.00. The van der Waals surface area contributed by atoms with Crippen LogP contribution in [0.3, 0.4) is 0 Å². The van der Waals surface area contributed by atoms with Gasteiger partial charge < -0.3 is 0 Å². The second-order valence-electron chi connectivity index (χ2n) is 3.21. The van der Waals surface area contributed by atoms with Crippen LogP contribution in [0.1, 0.15) is 15.9 Å². The first-order valence-corrected chi connectivity index (χ1v) is 4.96. The van der Waals surface area contributed by atoms with Crippen LogP contribution in [0, 0.1) is 5.82 Å². The summed E-state index contributed by atoms with van der Waals surface area (Å²) in [5.74, 6) is -0.574. The Hall–Kier alpha value is -1.74. The van der Waals surface area contributed by atoms with Crippen molar-refractivity contribution in [3.8, 4) is 0 Å². The Labute approximate surface area is 96.7 Å².